The lowest BCUT2D eigenvalue weighted by atomic mass is 10.2. The molecule has 2 aromatic heterocycles. The molecular formula is C11H6O2S. The Labute approximate surface area is 83.4 Å². The van der Waals surface area contributed by atoms with E-state index in [2.05, 4.69) is 0 Å². The molecule has 2 nitrogen and oxygen atoms in total. The summed E-state index contributed by atoms with van der Waals surface area (Å²) in [7, 11) is 0. The van der Waals surface area contributed by atoms with E-state index in [0.717, 1.165) is 14.8 Å². The van der Waals surface area contributed by atoms with Crippen LogP contribution in [-0.4, -0.2) is 0 Å². The molecule has 14 heavy (non-hydrogen) atoms. The van der Waals surface area contributed by atoms with E-state index >= 15 is 0 Å². The molecule has 3 rings (SSSR count). The van der Waals surface area contributed by atoms with E-state index in [9.17, 15) is 4.79 Å². The highest BCUT2D eigenvalue weighted by atomic mass is 32.1. The summed E-state index contributed by atoms with van der Waals surface area (Å²) in [6.07, 6.45) is 1.56. The minimum absolute atomic E-state index is 0.0145. The summed E-state index contributed by atoms with van der Waals surface area (Å²) >= 11 is 1.58. The van der Waals surface area contributed by atoms with Crippen LogP contribution in [0.5, 0.6) is 0 Å². The van der Waals surface area contributed by atoms with Crippen LogP contribution in [0.25, 0.3) is 20.4 Å². The maximum absolute atomic E-state index is 11.9. The first-order chi connectivity index (χ1) is 6.86. The second kappa shape index (κ2) is 2.69. The first kappa shape index (κ1) is 7.76. The molecule has 0 saturated heterocycles. The second-order valence-corrected chi connectivity index (χ2v) is 4.13. The Balaban J connectivity index is 2.70. The Morgan fingerprint density at radius 3 is 2.86 bits per heavy atom. The molecule has 0 N–H and O–H groups in total. The van der Waals surface area contributed by atoms with Crippen LogP contribution >= 0.6 is 11.3 Å². The van der Waals surface area contributed by atoms with Crippen LogP contribution in [0, 0.1) is 0 Å². The van der Waals surface area contributed by atoms with Gasteiger partial charge in [0.2, 0.25) is 5.43 Å². The molecule has 2 heterocycles. The van der Waals surface area contributed by atoms with Gasteiger partial charge in [0.1, 0.15) is 0 Å². The first-order valence-electron chi connectivity index (χ1n) is 4.25. The summed E-state index contributed by atoms with van der Waals surface area (Å²) < 4.78 is 7.07. The Morgan fingerprint density at radius 2 is 1.93 bits per heavy atom. The Hall–Kier alpha value is -1.61. The number of furan rings is 1. The van der Waals surface area contributed by atoms with Crippen molar-refractivity contribution in [1.82, 2.24) is 0 Å². The third-order valence-electron chi connectivity index (χ3n) is 2.19. The van der Waals surface area contributed by atoms with Crippen LogP contribution in [0.3, 0.4) is 0 Å². The van der Waals surface area contributed by atoms with Crippen LogP contribution in [0.2, 0.25) is 0 Å². The molecule has 0 atom stereocenters. The van der Waals surface area contributed by atoms with Crippen molar-refractivity contribution in [2.45, 2.75) is 0 Å². The Bertz CT molecular complexity index is 663. The van der Waals surface area contributed by atoms with Gasteiger partial charge in [-0.3, -0.25) is 4.79 Å². The van der Waals surface area contributed by atoms with Crippen molar-refractivity contribution in [2.75, 3.05) is 0 Å². The minimum atomic E-state index is -0.0145. The molecule has 3 heteroatoms. The predicted octanol–water partition coefficient (Wildman–Crippen LogP) is 3.01. The van der Waals surface area contributed by atoms with Gasteiger partial charge in [0.15, 0.2) is 5.58 Å². The van der Waals surface area contributed by atoms with E-state index in [-0.39, 0.29) is 5.43 Å². The number of fused-ring (bicyclic) bond motifs is 2. The molecule has 0 aliphatic carbocycles. The molecule has 0 unspecified atom stereocenters. The summed E-state index contributed by atoms with van der Waals surface area (Å²) in [6, 6.07) is 9.41. The van der Waals surface area contributed by atoms with Crippen LogP contribution in [0.1, 0.15) is 0 Å². The molecule has 1 aromatic carbocycles. The molecule has 0 radical (unpaired) electrons. The van der Waals surface area contributed by atoms with Gasteiger partial charge in [0, 0.05) is 10.1 Å². The van der Waals surface area contributed by atoms with Gasteiger partial charge in [0.25, 0.3) is 0 Å². The third kappa shape index (κ3) is 0.930. The lowest BCUT2D eigenvalue weighted by Crippen LogP contribution is -1.98. The van der Waals surface area contributed by atoms with Crippen molar-refractivity contribution in [3.8, 4) is 0 Å². The highest BCUT2D eigenvalue weighted by Gasteiger charge is 2.06. The molecule has 0 saturated carbocycles. The van der Waals surface area contributed by atoms with Crippen molar-refractivity contribution >= 4 is 31.7 Å². The highest BCUT2D eigenvalue weighted by Crippen LogP contribution is 2.24. The molecule has 0 bridgehead atoms. The fraction of sp³-hybridized carbons (Fsp3) is 0. The topological polar surface area (TPSA) is 30.2 Å². The summed E-state index contributed by atoms with van der Waals surface area (Å²) in [4.78, 5) is 11.9. The van der Waals surface area contributed by atoms with E-state index in [0.29, 0.717) is 5.58 Å². The van der Waals surface area contributed by atoms with Crippen molar-refractivity contribution in [3.05, 3.63) is 46.8 Å². The Morgan fingerprint density at radius 1 is 1.07 bits per heavy atom. The zero-order valence-corrected chi connectivity index (χ0v) is 8.01. The van der Waals surface area contributed by atoms with Crippen molar-refractivity contribution < 1.29 is 4.42 Å². The standard InChI is InChI=1S/C11H6O2S/c12-10-7-3-1-2-4-8(7)14-9-5-6-13-11(9)10/h1-6H. The van der Waals surface area contributed by atoms with Gasteiger partial charge in [0.05, 0.1) is 11.0 Å². The number of hydrogen-bond donors (Lipinski definition) is 0. The molecule has 3 aromatic rings. The molecule has 68 valence electrons. The number of benzene rings is 1. The van der Waals surface area contributed by atoms with Gasteiger partial charge >= 0.3 is 0 Å². The van der Waals surface area contributed by atoms with E-state index in [1.54, 1.807) is 17.6 Å². The average Bonchev–Trinajstić information content (AvgIpc) is 2.66. The smallest absolute Gasteiger partial charge is 0.231 e. The quantitative estimate of drug-likeness (QED) is 0.561. The van der Waals surface area contributed by atoms with Gasteiger partial charge in [-0.1, -0.05) is 12.1 Å². The lowest BCUT2D eigenvalue weighted by Gasteiger charge is -1.94. The number of rotatable bonds is 0. The van der Waals surface area contributed by atoms with Crippen molar-refractivity contribution in [1.29, 1.82) is 0 Å². The fourth-order valence-corrected chi connectivity index (χ4v) is 2.54. The first-order valence-corrected chi connectivity index (χ1v) is 5.07. The normalized spacial score (nSPS) is 11.1. The number of hydrogen-bond acceptors (Lipinski definition) is 3. The summed E-state index contributed by atoms with van der Waals surface area (Å²) in [6.45, 7) is 0. The second-order valence-electron chi connectivity index (χ2n) is 3.04. The third-order valence-corrected chi connectivity index (χ3v) is 3.30. The van der Waals surface area contributed by atoms with Crippen LogP contribution in [0.4, 0.5) is 0 Å². The molecule has 0 fully saturated rings. The zero-order chi connectivity index (χ0) is 9.54. The van der Waals surface area contributed by atoms with E-state index < -0.39 is 0 Å². The van der Waals surface area contributed by atoms with Gasteiger partial charge < -0.3 is 4.42 Å². The van der Waals surface area contributed by atoms with Gasteiger partial charge in [-0.05, 0) is 18.2 Å². The largest absolute Gasteiger partial charge is 0.459 e. The van der Waals surface area contributed by atoms with Crippen LogP contribution in [-0.2, 0) is 0 Å². The summed E-state index contributed by atoms with van der Waals surface area (Å²) in [5.74, 6) is 0. The van der Waals surface area contributed by atoms with Gasteiger partial charge in [-0.25, -0.2) is 0 Å². The van der Waals surface area contributed by atoms with E-state index in [1.807, 2.05) is 30.3 Å². The zero-order valence-electron chi connectivity index (χ0n) is 7.19. The van der Waals surface area contributed by atoms with Crippen LogP contribution < -0.4 is 5.43 Å². The lowest BCUT2D eigenvalue weighted by molar-refractivity contribution is 0.614. The molecule has 0 aliphatic rings. The summed E-state index contributed by atoms with van der Waals surface area (Å²) in [5.41, 5.74) is 0.452. The van der Waals surface area contributed by atoms with Crippen molar-refractivity contribution in [2.24, 2.45) is 0 Å². The fourth-order valence-electron chi connectivity index (χ4n) is 1.53. The molecule has 0 amide bonds. The van der Waals surface area contributed by atoms with E-state index in [1.165, 1.54) is 0 Å². The minimum Gasteiger partial charge on any atom is -0.459 e. The predicted molar refractivity (Wildman–Crippen MR) is 57.9 cm³/mol. The molecular weight excluding hydrogens is 196 g/mol. The monoisotopic (exact) mass is 202 g/mol. The maximum Gasteiger partial charge on any atom is 0.231 e. The van der Waals surface area contributed by atoms with Gasteiger partial charge in [-0.2, -0.15) is 0 Å². The van der Waals surface area contributed by atoms with Crippen molar-refractivity contribution in [3.63, 3.8) is 0 Å². The Kier molecular flexibility index (Phi) is 1.49. The van der Waals surface area contributed by atoms with Gasteiger partial charge in [-0.15, -0.1) is 11.3 Å². The maximum atomic E-state index is 11.9. The average molecular weight is 202 g/mol. The van der Waals surface area contributed by atoms with Crippen LogP contribution in [0.15, 0.2) is 45.8 Å². The van der Waals surface area contributed by atoms with E-state index in [4.69, 9.17) is 4.42 Å². The summed E-state index contributed by atoms with van der Waals surface area (Å²) in [5, 5.41) is 0.736. The molecule has 0 spiro atoms. The molecule has 0 aliphatic heterocycles. The SMILES string of the molecule is O=c1c2ccccc2sc2ccoc12. The highest BCUT2D eigenvalue weighted by molar-refractivity contribution is 7.24.